The van der Waals surface area contributed by atoms with Gasteiger partial charge >= 0.3 is 0 Å². The van der Waals surface area contributed by atoms with Gasteiger partial charge in [0, 0.05) is 31.3 Å². The van der Waals surface area contributed by atoms with Crippen LogP contribution in [0, 0.1) is 35.5 Å². The van der Waals surface area contributed by atoms with Crippen LogP contribution in [0.25, 0.3) is 0 Å². The number of carbonyl (C=O) groups excluding carboxylic acids is 5. The molecule has 3 aliphatic carbocycles. The van der Waals surface area contributed by atoms with E-state index in [0.717, 1.165) is 0 Å². The lowest BCUT2D eigenvalue weighted by atomic mass is 9.52. The summed E-state index contributed by atoms with van der Waals surface area (Å²) in [5.74, 6) is -5.42. The molecule has 0 spiro atoms. The van der Waals surface area contributed by atoms with Crippen molar-refractivity contribution in [3.8, 4) is 23.3 Å². The number of hydrogen-bond acceptors (Lipinski definition) is 10. The SMILES string of the molecule is CN(C)c1cc(C#Cc2cccc(O)c2)c(O)c2c1CC1CC3C(N(C)C)C(=O)C(C(N)=O)C(=O)C3(O)C(=O)C1C2=O. The Labute approximate surface area is 241 Å². The maximum Gasteiger partial charge on any atom is 0.235 e. The number of nitrogens with zero attached hydrogens (tertiary/aromatic N) is 2. The van der Waals surface area contributed by atoms with E-state index in [-0.39, 0.29) is 29.7 Å². The molecule has 11 heteroatoms. The molecule has 0 radical (unpaired) electrons. The van der Waals surface area contributed by atoms with Crippen LogP contribution in [0.3, 0.4) is 0 Å². The summed E-state index contributed by atoms with van der Waals surface area (Å²) in [7, 11) is 6.59. The van der Waals surface area contributed by atoms with Gasteiger partial charge in [0.1, 0.15) is 11.5 Å². The van der Waals surface area contributed by atoms with Crippen LogP contribution >= 0.6 is 0 Å². The molecule has 0 aromatic heterocycles. The maximum atomic E-state index is 14.1. The highest BCUT2D eigenvalue weighted by Crippen LogP contribution is 2.52. The molecular formula is C31H31N3O8. The van der Waals surface area contributed by atoms with Gasteiger partial charge in [-0.05, 0) is 62.7 Å². The van der Waals surface area contributed by atoms with Crippen LogP contribution in [0.5, 0.6) is 11.5 Å². The zero-order valence-corrected chi connectivity index (χ0v) is 23.5. The Hall–Kier alpha value is -4.53. The summed E-state index contributed by atoms with van der Waals surface area (Å²) in [5.41, 5.74) is 4.08. The first-order valence-electron chi connectivity index (χ1n) is 13.4. The molecule has 0 bridgehead atoms. The van der Waals surface area contributed by atoms with Crippen LogP contribution in [0.1, 0.15) is 33.5 Å². The smallest absolute Gasteiger partial charge is 0.235 e. The van der Waals surface area contributed by atoms with Gasteiger partial charge in [-0.2, -0.15) is 0 Å². The molecular weight excluding hydrogens is 542 g/mol. The minimum atomic E-state index is -2.79. The van der Waals surface area contributed by atoms with Crippen molar-refractivity contribution in [2.75, 3.05) is 33.1 Å². The van der Waals surface area contributed by atoms with Gasteiger partial charge in [-0.25, -0.2) is 0 Å². The van der Waals surface area contributed by atoms with Crippen molar-refractivity contribution < 1.29 is 39.3 Å². The van der Waals surface area contributed by atoms with Crippen molar-refractivity contribution >= 4 is 34.7 Å². The van der Waals surface area contributed by atoms with Gasteiger partial charge in [-0.15, -0.1) is 0 Å². The fourth-order valence-electron chi connectivity index (χ4n) is 6.87. The van der Waals surface area contributed by atoms with Crippen LogP contribution in [0.2, 0.25) is 0 Å². The zero-order valence-electron chi connectivity index (χ0n) is 23.5. The summed E-state index contributed by atoms with van der Waals surface area (Å²) in [6.07, 6.45) is 0.115. The number of rotatable bonds is 3. The molecule has 3 aliphatic rings. The van der Waals surface area contributed by atoms with Crippen LogP contribution < -0.4 is 10.6 Å². The van der Waals surface area contributed by atoms with Crippen molar-refractivity contribution in [2.24, 2.45) is 29.4 Å². The number of carbonyl (C=O) groups is 5. The molecule has 42 heavy (non-hydrogen) atoms. The zero-order chi connectivity index (χ0) is 30.8. The number of benzene rings is 2. The molecule has 2 aromatic rings. The molecule has 11 nitrogen and oxygen atoms in total. The first-order chi connectivity index (χ1) is 19.7. The number of hydrogen-bond donors (Lipinski definition) is 4. The lowest BCUT2D eigenvalue weighted by molar-refractivity contribution is -0.181. The van der Waals surface area contributed by atoms with E-state index in [4.69, 9.17) is 5.73 Å². The number of ketones is 4. The Morgan fingerprint density at radius 3 is 2.31 bits per heavy atom. The minimum Gasteiger partial charge on any atom is -0.508 e. The number of anilines is 1. The van der Waals surface area contributed by atoms with Crippen LogP contribution in [-0.2, 0) is 25.6 Å². The number of fused-ring (bicyclic) bond motifs is 3. The highest BCUT2D eigenvalue weighted by atomic mass is 16.3. The maximum absolute atomic E-state index is 14.1. The molecule has 1 amide bonds. The first kappa shape index (κ1) is 29.0. The number of aromatic hydroxyl groups is 2. The van der Waals surface area contributed by atoms with Gasteiger partial charge < -0.3 is 26.0 Å². The number of Topliss-reactive ketones (excluding diaryl/α,β-unsaturated/α-hetero) is 4. The fourth-order valence-corrected chi connectivity index (χ4v) is 6.87. The highest BCUT2D eigenvalue weighted by Gasteiger charge is 2.69. The second-order valence-electron chi connectivity index (χ2n) is 11.6. The lowest BCUT2D eigenvalue weighted by Gasteiger charge is -2.52. The number of nitrogens with two attached hydrogens (primary N) is 1. The van der Waals surface area contributed by atoms with Crippen LogP contribution in [-0.4, -0.2) is 89.1 Å². The molecule has 0 aliphatic heterocycles. The Kier molecular flexibility index (Phi) is 6.95. The summed E-state index contributed by atoms with van der Waals surface area (Å²) >= 11 is 0. The average molecular weight is 574 g/mol. The lowest BCUT2D eigenvalue weighted by Crippen LogP contribution is -2.74. The van der Waals surface area contributed by atoms with Gasteiger partial charge in [0.05, 0.1) is 23.1 Å². The van der Waals surface area contributed by atoms with E-state index in [1.165, 1.54) is 31.1 Å². The molecule has 5 N–H and O–H groups in total. The van der Waals surface area contributed by atoms with Crippen LogP contribution in [0.4, 0.5) is 5.69 Å². The number of phenolic OH excluding ortho intramolecular Hbond substituents is 2. The van der Waals surface area contributed by atoms with Gasteiger partial charge in [-0.3, -0.25) is 28.9 Å². The standard InChI is InChI=1S/C31H31N3O8/c1-33(2)20-13-15(9-8-14-6-5-7-17(35)10-14)25(36)22-18(20)11-16-12-19-24(34(3)4)27(38)23(30(32)41)29(40)31(19,42)28(39)21(16)26(22)37/h5-7,10,13,16,19,21,23-24,35-36,42H,11-12H2,1-4H3,(H2,32,41). The Balaban J connectivity index is 1.65. The fraction of sp³-hybridized carbons (Fsp3) is 0.387. The molecule has 2 aromatic carbocycles. The van der Waals surface area contributed by atoms with Crippen molar-refractivity contribution in [3.05, 3.63) is 52.6 Å². The summed E-state index contributed by atoms with van der Waals surface area (Å²) in [5, 5.41) is 32.8. The number of amides is 1. The highest BCUT2D eigenvalue weighted by molar-refractivity contribution is 6.32. The van der Waals surface area contributed by atoms with E-state index in [0.29, 0.717) is 16.8 Å². The van der Waals surface area contributed by atoms with Crippen LogP contribution in [0.15, 0.2) is 30.3 Å². The van der Waals surface area contributed by atoms with Crippen molar-refractivity contribution in [1.29, 1.82) is 0 Å². The quantitative estimate of drug-likeness (QED) is 0.289. The van der Waals surface area contributed by atoms with E-state index in [9.17, 15) is 39.3 Å². The number of aliphatic hydroxyl groups is 1. The van der Waals surface area contributed by atoms with Crippen molar-refractivity contribution in [1.82, 2.24) is 4.90 Å². The third-order valence-corrected chi connectivity index (χ3v) is 8.71. The molecule has 2 saturated carbocycles. The summed E-state index contributed by atoms with van der Waals surface area (Å²) in [6, 6.07) is 6.66. The van der Waals surface area contributed by atoms with Crippen molar-refractivity contribution in [3.63, 3.8) is 0 Å². The monoisotopic (exact) mass is 573 g/mol. The number of primary amides is 1. The van der Waals surface area contributed by atoms with E-state index in [1.807, 2.05) is 0 Å². The first-order valence-corrected chi connectivity index (χ1v) is 13.4. The van der Waals surface area contributed by atoms with Crippen molar-refractivity contribution in [2.45, 2.75) is 24.5 Å². The largest absolute Gasteiger partial charge is 0.508 e. The molecule has 218 valence electrons. The normalized spacial score (nSPS) is 28.4. The number of phenols is 2. The Morgan fingerprint density at radius 2 is 1.71 bits per heavy atom. The molecule has 5 rings (SSSR count). The molecule has 0 saturated heterocycles. The molecule has 6 atom stereocenters. The summed E-state index contributed by atoms with van der Waals surface area (Å²) in [4.78, 5) is 70.1. The predicted octanol–water partition coefficient (Wildman–Crippen LogP) is 0.0384. The predicted molar refractivity (Wildman–Crippen MR) is 150 cm³/mol. The second kappa shape index (κ2) is 10.1. The molecule has 0 heterocycles. The Morgan fingerprint density at radius 1 is 1.02 bits per heavy atom. The topological polar surface area (TPSA) is 179 Å². The molecule has 6 unspecified atom stereocenters. The second-order valence-corrected chi connectivity index (χ2v) is 11.6. The average Bonchev–Trinajstić information content (AvgIpc) is 2.89. The van der Waals surface area contributed by atoms with E-state index >= 15 is 0 Å². The van der Waals surface area contributed by atoms with Gasteiger partial charge in [0.25, 0.3) is 0 Å². The van der Waals surface area contributed by atoms with E-state index in [1.54, 1.807) is 37.2 Å². The third kappa shape index (κ3) is 4.18. The van der Waals surface area contributed by atoms with Gasteiger partial charge in [-0.1, -0.05) is 17.9 Å². The van der Waals surface area contributed by atoms with E-state index in [2.05, 4.69) is 11.8 Å². The van der Waals surface area contributed by atoms with E-state index < -0.39 is 70.1 Å². The Bertz CT molecular complexity index is 1630. The summed E-state index contributed by atoms with van der Waals surface area (Å²) < 4.78 is 0. The number of likely N-dealkylation sites (N-methyl/N-ethyl adjacent to an activating group) is 1. The molecule has 2 fully saturated rings. The minimum absolute atomic E-state index is 0.00718. The summed E-state index contributed by atoms with van der Waals surface area (Å²) in [6.45, 7) is 0. The third-order valence-electron chi connectivity index (χ3n) is 8.71. The van der Waals surface area contributed by atoms with Gasteiger partial charge in [0.15, 0.2) is 34.7 Å². The van der Waals surface area contributed by atoms with Gasteiger partial charge in [0.2, 0.25) is 5.91 Å².